The molecule has 0 aromatic heterocycles. The quantitative estimate of drug-likeness (QED) is 0.881. The molecule has 1 aliphatic rings. The minimum atomic E-state index is -0.426. The van der Waals surface area contributed by atoms with Crippen molar-refractivity contribution in [2.24, 2.45) is 11.7 Å². The number of halogens is 2. The summed E-state index contributed by atoms with van der Waals surface area (Å²) in [6.07, 6.45) is 3.29. The van der Waals surface area contributed by atoms with E-state index in [2.05, 4.69) is 21.2 Å². The number of carbonyl (C=O) groups is 1. The van der Waals surface area contributed by atoms with Crippen LogP contribution in [0.5, 0.6) is 0 Å². The summed E-state index contributed by atoms with van der Waals surface area (Å²) >= 11 is 3.18. The van der Waals surface area contributed by atoms with Crippen molar-refractivity contribution in [3.8, 4) is 0 Å². The first-order valence-corrected chi connectivity index (χ1v) is 6.87. The predicted octanol–water partition coefficient (Wildman–Crippen LogP) is 3.04. The highest BCUT2D eigenvalue weighted by Crippen LogP contribution is 2.26. The van der Waals surface area contributed by atoms with Gasteiger partial charge in [0.25, 0.3) is 0 Å². The zero-order valence-corrected chi connectivity index (χ0v) is 11.5. The van der Waals surface area contributed by atoms with Crippen LogP contribution in [0.25, 0.3) is 0 Å². The Bertz CT molecular complexity index is 445. The van der Waals surface area contributed by atoms with E-state index in [0.29, 0.717) is 4.47 Å². The van der Waals surface area contributed by atoms with Crippen LogP contribution in [-0.2, 0) is 4.79 Å². The van der Waals surface area contributed by atoms with Crippen LogP contribution >= 0.6 is 15.9 Å². The van der Waals surface area contributed by atoms with Gasteiger partial charge in [0.2, 0.25) is 5.91 Å². The third-order valence-corrected chi connectivity index (χ3v) is 3.82. The minimum absolute atomic E-state index is 0.0483. The maximum atomic E-state index is 13.6. The van der Waals surface area contributed by atoms with E-state index in [9.17, 15) is 9.18 Å². The van der Waals surface area contributed by atoms with Gasteiger partial charge in [0.1, 0.15) is 5.82 Å². The molecule has 98 valence electrons. The van der Waals surface area contributed by atoms with Crippen molar-refractivity contribution in [3.05, 3.63) is 28.5 Å². The lowest BCUT2D eigenvalue weighted by Gasteiger charge is -2.25. The van der Waals surface area contributed by atoms with E-state index < -0.39 is 5.82 Å². The molecular formula is C13H16BrFN2O. The monoisotopic (exact) mass is 314 g/mol. The molecule has 0 spiro atoms. The molecule has 0 unspecified atom stereocenters. The lowest BCUT2D eigenvalue weighted by Crippen LogP contribution is -2.32. The zero-order valence-electron chi connectivity index (χ0n) is 9.96. The molecule has 0 radical (unpaired) electrons. The molecule has 1 aliphatic carbocycles. The second-order valence-corrected chi connectivity index (χ2v) is 5.64. The molecular weight excluding hydrogens is 299 g/mol. The summed E-state index contributed by atoms with van der Waals surface area (Å²) in [6.45, 7) is 0. The van der Waals surface area contributed by atoms with E-state index in [1.165, 1.54) is 6.07 Å². The van der Waals surface area contributed by atoms with Gasteiger partial charge in [0.05, 0.1) is 5.69 Å². The van der Waals surface area contributed by atoms with Gasteiger partial charge in [-0.25, -0.2) is 4.39 Å². The van der Waals surface area contributed by atoms with E-state index in [1.54, 1.807) is 12.1 Å². The summed E-state index contributed by atoms with van der Waals surface area (Å²) in [6, 6.07) is 4.81. The van der Waals surface area contributed by atoms with Crippen LogP contribution < -0.4 is 11.1 Å². The molecule has 0 heterocycles. The van der Waals surface area contributed by atoms with Gasteiger partial charge in [-0.05, 0) is 43.9 Å². The number of rotatable bonds is 2. The predicted molar refractivity (Wildman–Crippen MR) is 72.7 cm³/mol. The van der Waals surface area contributed by atoms with Gasteiger partial charge in [-0.3, -0.25) is 4.79 Å². The second kappa shape index (κ2) is 5.80. The first-order chi connectivity index (χ1) is 8.56. The Balaban J connectivity index is 1.98. The highest BCUT2D eigenvalue weighted by Gasteiger charge is 2.25. The average Bonchev–Trinajstić information content (AvgIpc) is 2.33. The number of benzene rings is 1. The molecule has 0 bridgehead atoms. The number of hydrogen-bond donors (Lipinski definition) is 2. The standard InChI is InChI=1S/C13H16BrFN2O/c14-9-3-6-12(11(15)7-9)17-13(18)8-1-4-10(16)5-2-8/h3,6-8,10H,1-2,4-5,16H2,(H,17,18). The van der Waals surface area contributed by atoms with E-state index in [1.807, 2.05) is 0 Å². The number of carbonyl (C=O) groups excluding carboxylic acids is 1. The van der Waals surface area contributed by atoms with Crippen LogP contribution in [0.3, 0.4) is 0 Å². The van der Waals surface area contributed by atoms with E-state index in [4.69, 9.17) is 5.73 Å². The third kappa shape index (κ3) is 3.29. The lowest BCUT2D eigenvalue weighted by molar-refractivity contribution is -0.120. The van der Waals surface area contributed by atoms with Crippen LogP contribution in [0.4, 0.5) is 10.1 Å². The minimum Gasteiger partial charge on any atom is -0.328 e. The molecule has 0 aliphatic heterocycles. The Morgan fingerprint density at radius 3 is 2.61 bits per heavy atom. The Morgan fingerprint density at radius 1 is 1.33 bits per heavy atom. The van der Waals surface area contributed by atoms with Crippen LogP contribution in [0.2, 0.25) is 0 Å². The molecule has 1 fully saturated rings. The summed E-state index contributed by atoms with van der Waals surface area (Å²) in [5.74, 6) is -0.582. The van der Waals surface area contributed by atoms with Crippen LogP contribution in [0.1, 0.15) is 25.7 Å². The fourth-order valence-corrected chi connectivity index (χ4v) is 2.54. The Kier molecular flexibility index (Phi) is 4.35. The summed E-state index contributed by atoms with van der Waals surface area (Å²) in [5, 5.41) is 2.65. The molecule has 1 saturated carbocycles. The van der Waals surface area contributed by atoms with Crippen molar-refractivity contribution >= 4 is 27.5 Å². The Hall–Kier alpha value is -0.940. The van der Waals surface area contributed by atoms with Gasteiger partial charge >= 0.3 is 0 Å². The smallest absolute Gasteiger partial charge is 0.227 e. The van der Waals surface area contributed by atoms with Crippen LogP contribution in [-0.4, -0.2) is 11.9 Å². The molecule has 2 rings (SSSR count). The molecule has 5 heteroatoms. The van der Waals surface area contributed by atoms with Crippen molar-refractivity contribution in [1.82, 2.24) is 0 Å². The fraction of sp³-hybridized carbons (Fsp3) is 0.462. The first kappa shape index (κ1) is 13.5. The number of nitrogens with two attached hydrogens (primary N) is 1. The largest absolute Gasteiger partial charge is 0.328 e. The molecule has 0 saturated heterocycles. The van der Waals surface area contributed by atoms with Crippen LogP contribution in [0, 0.1) is 11.7 Å². The number of amides is 1. The van der Waals surface area contributed by atoms with Gasteiger partial charge in [-0.1, -0.05) is 15.9 Å². The highest BCUT2D eigenvalue weighted by molar-refractivity contribution is 9.10. The van der Waals surface area contributed by atoms with E-state index in [0.717, 1.165) is 25.7 Å². The van der Waals surface area contributed by atoms with Gasteiger partial charge in [-0.15, -0.1) is 0 Å². The Morgan fingerprint density at radius 2 is 2.00 bits per heavy atom. The normalized spacial score (nSPS) is 23.7. The maximum absolute atomic E-state index is 13.6. The molecule has 1 aromatic carbocycles. The fourth-order valence-electron chi connectivity index (χ4n) is 2.21. The van der Waals surface area contributed by atoms with Gasteiger partial charge in [0.15, 0.2) is 0 Å². The number of hydrogen-bond acceptors (Lipinski definition) is 2. The van der Waals surface area contributed by atoms with Crippen molar-refractivity contribution in [2.75, 3.05) is 5.32 Å². The van der Waals surface area contributed by atoms with E-state index in [-0.39, 0.29) is 23.6 Å². The molecule has 3 nitrogen and oxygen atoms in total. The summed E-state index contributed by atoms with van der Waals surface area (Å²) in [4.78, 5) is 12.0. The van der Waals surface area contributed by atoms with Gasteiger partial charge in [0, 0.05) is 16.4 Å². The maximum Gasteiger partial charge on any atom is 0.227 e. The highest BCUT2D eigenvalue weighted by atomic mass is 79.9. The number of anilines is 1. The third-order valence-electron chi connectivity index (χ3n) is 3.33. The number of nitrogens with one attached hydrogen (secondary N) is 1. The molecule has 1 aromatic rings. The van der Waals surface area contributed by atoms with Crippen molar-refractivity contribution in [2.45, 2.75) is 31.7 Å². The summed E-state index contributed by atoms with van der Waals surface area (Å²) in [5.41, 5.74) is 6.03. The van der Waals surface area contributed by atoms with Crippen molar-refractivity contribution in [3.63, 3.8) is 0 Å². The molecule has 18 heavy (non-hydrogen) atoms. The summed E-state index contributed by atoms with van der Waals surface area (Å²) in [7, 11) is 0. The first-order valence-electron chi connectivity index (χ1n) is 6.08. The second-order valence-electron chi connectivity index (χ2n) is 4.73. The van der Waals surface area contributed by atoms with Crippen molar-refractivity contribution < 1.29 is 9.18 Å². The van der Waals surface area contributed by atoms with Gasteiger partial charge in [-0.2, -0.15) is 0 Å². The topological polar surface area (TPSA) is 55.1 Å². The molecule has 1 amide bonds. The Labute approximate surface area is 114 Å². The van der Waals surface area contributed by atoms with Crippen molar-refractivity contribution in [1.29, 1.82) is 0 Å². The molecule has 3 N–H and O–H groups in total. The lowest BCUT2D eigenvalue weighted by atomic mass is 9.86. The molecule has 0 atom stereocenters. The zero-order chi connectivity index (χ0) is 13.1. The van der Waals surface area contributed by atoms with E-state index >= 15 is 0 Å². The SMILES string of the molecule is NC1CCC(C(=O)Nc2ccc(Br)cc2F)CC1. The average molecular weight is 315 g/mol. The van der Waals surface area contributed by atoms with Crippen LogP contribution in [0.15, 0.2) is 22.7 Å². The van der Waals surface area contributed by atoms with Gasteiger partial charge < -0.3 is 11.1 Å². The summed E-state index contributed by atoms with van der Waals surface area (Å²) < 4.78 is 14.2.